The van der Waals surface area contributed by atoms with Gasteiger partial charge in [0.2, 0.25) is 0 Å². The first kappa shape index (κ1) is 26.6. The molecule has 4 aromatic rings. The van der Waals surface area contributed by atoms with Gasteiger partial charge < -0.3 is 4.74 Å². The summed E-state index contributed by atoms with van der Waals surface area (Å²) in [6, 6.07) is 20.3. The standard InChI is InChI=1S/C24H10Br8O/c25-13-1-11(2-14(26)5-13)19-7-17(29)9-21(31)23(19)33-24-20(8-18(30)10-22(24)32)12-3-15(27)6-16(28)4-12/h1-10H. The zero-order valence-electron chi connectivity index (χ0n) is 16.2. The maximum atomic E-state index is 6.68. The minimum atomic E-state index is 0.710. The fraction of sp³-hybridized carbons (Fsp3) is 0. The average Bonchev–Trinajstić information content (AvgIpc) is 2.69. The summed E-state index contributed by atoms with van der Waals surface area (Å²) in [5.41, 5.74) is 3.89. The van der Waals surface area contributed by atoms with Crippen molar-refractivity contribution in [2.45, 2.75) is 0 Å². The molecule has 0 saturated heterocycles. The lowest BCUT2D eigenvalue weighted by atomic mass is 10.0. The highest BCUT2D eigenvalue weighted by Crippen LogP contribution is 2.48. The van der Waals surface area contributed by atoms with Crippen LogP contribution >= 0.6 is 127 Å². The van der Waals surface area contributed by atoms with Crippen molar-refractivity contribution in [3.05, 3.63) is 96.4 Å². The Kier molecular flexibility index (Phi) is 9.08. The molecule has 0 heterocycles. The summed E-state index contributed by atoms with van der Waals surface area (Å²) in [6.07, 6.45) is 0. The summed E-state index contributed by atoms with van der Waals surface area (Å²) in [7, 11) is 0. The largest absolute Gasteiger partial charge is 0.454 e. The molecule has 0 saturated carbocycles. The van der Waals surface area contributed by atoms with Crippen LogP contribution in [-0.2, 0) is 0 Å². The van der Waals surface area contributed by atoms with E-state index in [-0.39, 0.29) is 0 Å². The summed E-state index contributed by atoms with van der Waals surface area (Å²) >= 11 is 29.1. The van der Waals surface area contributed by atoms with E-state index in [0.717, 1.165) is 58.0 Å². The maximum absolute atomic E-state index is 6.68. The second-order valence-corrected chi connectivity index (χ2v) is 14.1. The van der Waals surface area contributed by atoms with Gasteiger partial charge in [-0.2, -0.15) is 0 Å². The van der Waals surface area contributed by atoms with Gasteiger partial charge in [-0.15, -0.1) is 0 Å². The van der Waals surface area contributed by atoms with Gasteiger partial charge in [0.05, 0.1) is 8.95 Å². The van der Waals surface area contributed by atoms with E-state index in [1.807, 2.05) is 24.3 Å². The number of rotatable bonds is 4. The van der Waals surface area contributed by atoms with Crippen LogP contribution in [-0.4, -0.2) is 0 Å². The number of hydrogen-bond donors (Lipinski definition) is 0. The SMILES string of the molecule is Brc1cc(Br)cc(-c2cc(Br)cc(Br)c2Oc2c(Br)cc(Br)cc2-c2cc(Br)cc(Br)c2)c1. The van der Waals surface area contributed by atoms with Gasteiger partial charge in [0.25, 0.3) is 0 Å². The van der Waals surface area contributed by atoms with Crippen LogP contribution in [0.1, 0.15) is 0 Å². The quantitative estimate of drug-likeness (QED) is 0.198. The second-order valence-electron chi connectivity index (χ2n) is 6.95. The van der Waals surface area contributed by atoms with Crippen LogP contribution in [0.4, 0.5) is 0 Å². The normalized spacial score (nSPS) is 11.0. The van der Waals surface area contributed by atoms with Gasteiger partial charge in [0.15, 0.2) is 0 Å². The Morgan fingerprint density at radius 2 is 0.667 bits per heavy atom. The molecule has 33 heavy (non-hydrogen) atoms. The summed E-state index contributed by atoms with van der Waals surface area (Å²) in [5.74, 6) is 1.42. The van der Waals surface area contributed by atoms with E-state index in [1.54, 1.807) is 0 Å². The van der Waals surface area contributed by atoms with Crippen molar-refractivity contribution in [2.75, 3.05) is 0 Å². The first-order valence-electron chi connectivity index (χ1n) is 9.19. The molecule has 9 heteroatoms. The summed E-state index contributed by atoms with van der Waals surface area (Å²) < 4.78 is 14.1. The Morgan fingerprint density at radius 1 is 0.364 bits per heavy atom. The van der Waals surface area contributed by atoms with E-state index in [9.17, 15) is 0 Å². The third-order valence-electron chi connectivity index (χ3n) is 4.57. The Labute approximate surface area is 259 Å². The van der Waals surface area contributed by atoms with Crippen LogP contribution in [0.3, 0.4) is 0 Å². The van der Waals surface area contributed by atoms with Crippen molar-refractivity contribution >= 4 is 127 Å². The van der Waals surface area contributed by atoms with Crippen LogP contribution in [0.25, 0.3) is 22.3 Å². The van der Waals surface area contributed by atoms with E-state index in [0.29, 0.717) is 11.5 Å². The Balaban J connectivity index is 1.94. The van der Waals surface area contributed by atoms with Gasteiger partial charge in [-0.1, -0.05) is 95.6 Å². The first-order chi connectivity index (χ1) is 15.6. The number of halogens is 8. The van der Waals surface area contributed by atoms with Crippen molar-refractivity contribution in [3.8, 4) is 33.8 Å². The van der Waals surface area contributed by atoms with Crippen LogP contribution in [0, 0.1) is 0 Å². The first-order valence-corrected chi connectivity index (χ1v) is 15.5. The fourth-order valence-corrected chi connectivity index (χ4v) is 8.48. The highest BCUT2D eigenvalue weighted by atomic mass is 79.9. The molecule has 0 N–H and O–H groups in total. The number of ether oxygens (including phenoxy) is 1. The van der Waals surface area contributed by atoms with E-state index in [1.165, 1.54) is 0 Å². The molecule has 0 amide bonds. The average molecular weight is 954 g/mol. The van der Waals surface area contributed by atoms with Crippen molar-refractivity contribution in [1.82, 2.24) is 0 Å². The molecule has 1 nitrogen and oxygen atoms in total. The van der Waals surface area contributed by atoms with E-state index in [4.69, 9.17) is 4.74 Å². The predicted octanol–water partition coefficient (Wildman–Crippen LogP) is 12.9. The minimum Gasteiger partial charge on any atom is -0.454 e. The van der Waals surface area contributed by atoms with E-state index in [2.05, 4.69) is 164 Å². The van der Waals surface area contributed by atoms with Crippen LogP contribution in [0.2, 0.25) is 0 Å². The third kappa shape index (κ3) is 6.45. The van der Waals surface area contributed by atoms with Crippen molar-refractivity contribution in [3.63, 3.8) is 0 Å². The van der Waals surface area contributed by atoms with Gasteiger partial charge >= 0.3 is 0 Å². The maximum Gasteiger partial charge on any atom is 0.149 e. The molecule has 0 spiro atoms. The molecule has 4 aromatic carbocycles. The lowest BCUT2D eigenvalue weighted by Gasteiger charge is -2.19. The Bertz CT molecular complexity index is 1240. The topological polar surface area (TPSA) is 9.23 Å². The zero-order chi connectivity index (χ0) is 23.9. The molecule has 0 bridgehead atoms. The third-order valence-corrected chi connectivity index (χ3v) is 8.49. The fourth-order valence-electron chi connectivity index (χ4n) is 3.28. The molecule has 0 aliphatic carbocycles. The number of benzene rings is 4. The molecule has 0 fully saturated rings. The smallest absolute Gasteiger partial charge is 0.149 e. The van der Waals surface area contributed by atoms with Crippen LogP contribution < -0.4 is 4.74 Å². The molecule has 0 aliphatic heterocycles. The zero-order valence-corrected chi connectivity index (χ0v) is 28.9. The van der Waals surface area contributed by atoms with E-state index >= 15 is 0 Å². The van der Waals surface area contributed by atoms with Crippen LogP contribution in [0.5, 0.6) is 11.5 Å². The predicted molar refractivity (Wildman–Crippen MR) is 165 cm³/mol. The summed E-state index contributed by atoms with van der Waals surface area (Å²) in [5, 5.41) is 0. The molecule has 0 aromatic heterocycles. The van der Waals surface area contributed by atoms with Crippen molar-refractivity contribution in [2.24, 2.45) is 0 Å². The molecular weight excluding hydrogens is 943 g/mol. The highest BCUT2D eigenvalue weighted by Gasteiger charge is 2.19. The lowest BCUT2D eigenvalue weighted by Crippen LogP contribution is -1.95. The van der Waals surface area contributed by atoms with Gasteiger partial charge in [-0.05, 0) is 104 Å². The highest BCUT2D eigenvalue weighted by molar-refractivity contribution is 9.12. The van der Waals surface area contributed by atoms with Crippen molar-refractivity contribution < 1.29 is 4.74 Å². The van der Waals surface area contributed by atoms with Crippen LogP contribution in [0.15, 0.2) is 96.4 Å². The second kappa shape index (κ2) is 11.3. The summed E-state index contributed by atoms with van der Waals surface area (Å²) in [6.45, 7) is 0. The lowest BCUT2D eigenvalue weighted by molar-refractivity contribution is 0.480. The van der Waals surface area contributed by atoms with Gasteiger partial charge in [-0.3, -0.25) is 0 Å². The monoisotopic (exact) mass is 945 g/mol. The van der Waals surface area contributed by atoms with Gasteiger partial charge in [0.1, 0.15) is 11.5 Å². The van der Waals surface area contributed by atoms with Gasteiger partial charge in [-0.25, -0.2) is 0 Å². The minimum absolute atomic E-state index is 0.710. The molecule has 4 rings (SSSR count). The molecule has 0 unspecified atom stereocenters. The molecule has 0 radical (unpaired) electrons. The van der Waals surface area contributed by atoms with E-state index < -0.39 is 0 Å². The Morgan fingerprint density at radius 3 is 1.00 bits per heavy atom. The van der Waals surface area contributed by atoms with Gasteiger partial charge in [0, 0.05) is 38.0 Å². The Hall–Kier alpha value is 0.520. The van der Waals surface area contributed by atoms with Crippen molar-refractivity contribution in [1.29, 1.82) is 0 Å². The molecule has 0 atom stereocenters. The molecule has 0 aliphatic rings. The number of hydrogen-bond acceptors (Lipinski definition) is 1. The molecule has 168 valence electrons. The molecular formula is C24H10Br8O. The summed E-state index contributed by atoms with van der Waals surface area (Å²) in [4.78, 5) is 0.